The number of carbonyl (C=O) groups excluding carboxylic acids is 1. The Morgan fingerprint density at radius 2 is 1.97 bits per heavy atom. The number of fused-ring (bicyclic) bond motifs is 1. The number of anilines is 1. The van der Waals surface area contributed by atoms with Crippen molar-refractivity contribution in [3.05, 3.63) is 58.3 Å². The maximum Gasteiger partial charge on any atom is 0.414 e. The lowest BCUT2D eigenvalue weighted by molar-refractivity contribution is 0.0924. The van der Waals surface area contributed by atoms with Gasteiger partial charge in [0, 0.05) is 31.7 Å². The van der Waals surface area contributed by atoms with E-state index in [0.717, 1.165) is 25.9 Å². The van der Waals surface area contributed by atoms with E-state index in [1.807, 2.05) is 0 Å². The van der Waals surface area contributed by atoms with Gasteiger partial charge in [0.2, 0.25) is 5.88 Å². The number of hydrogen-bond acceptors (Lipinski definition) is 7. The molecule has 0 bridgehead atoms. The van der Waals surface area contributed by atoms with Crippen LogP contribution in [0.5, 0.6) is 5.88 Å². The summed E-state index contributed by atoms with van der Waals surface area (Å²) >= 11 is 0. The number of hydrogen-bond donors (Lipinski definition) is 0. The summed E-state index contributed by atoms with van der Waals surface area (Å²) in [7, 11) is 1.54. The third-order valence-corrected chi connectivity index (χ3v) is 6.54. The van der Waals surface area contributed by atoms with Crippen molar-refractivity contribution in [2.24, 2.45) is 0 Å². The Bertz CT molecular complexity index is 1290. The van der Waals surface area contributed by atoms with Gasteiger partial charge >= 0.3 is 6.09 Å². The minimum atomic E-state index is -0.460. The number of ether oxygens (including phenoxy) is 2. The Hall–Kier alpha value is -3.53. The van der Waals surface area contributed by atoms with Crippen molar-refractivity contribution >= 4 is 22.9 Å². The smallest absolute Gasteiger partial charge is 0.414 e. The highest BCUT2D eigenvalue weighted by Crippen LogP contribution is 2.27. The first-order valence-corrected chi connectivity index (χ1v) is 11.3. The van der Waals surface area contributed by atoms with Crippen LogP contribution in [0.25, 0.3) is 11.2 Å². The molecule has 1 aromatic carbocycles. The van der Waals surface area contributed by atoms with E-state index in [1.54, 1.807) is 35.8 Å². The van der Waals surface area contributed by atoms with Crippen LogP contribution in [0, 0.1) is 12.7 Å². The number of aryl methyl sites for hydroxylation is 1. The first kappa shape index (κ1) is 22.3. The molecule has 10 heteroatoms. The normalized spacial score (nSPS) is 19.6. The third-order valence-electron chi connectivity index (χ3n) is 6.54. The summed E-state index contributed by atoms with van der Waals surface area (Å²) in [5, 5.41) is 0. The van der Waals surface area contributed by atoms with Crippen LogP contribution >= 0.6 is 0 Å². The van der Waals surface area contributed by atoms with Crippen LogP contribution in [0.4, 0.5) is 14.9 Å². The number of carbonyl (C=O) groups is 1. The van der Waals surface area contributed by atoms with Gasteiger partial charge in [-0.05, 0) is 43.5 Å². The fraction of sp³-hybridized carbons (Fsp3) is 0.417. The number of aromatic nitrogens is 3. The third kappa shape index (κ3) is 4.21. The molecular weight excluding hydrogens is 441 g/mol. The molecule has 2 aromatic heterocycles. The molecular formula is C24H26FN5O4. The van der Waals surface area contributed by atoms with E-state index in [4.69, 9.17) is 9.47 Å². The van der Waals surface area contributed by atoms with Crippen LogP contribution in [-0.2, 0) is 4.74 Å². The fourth-order valence-corrected chi connectivity index (χ4v) is 4.68. The van der Waals surface area contributed by atoms with E-state index in [-0.39, 0.29) is 23.5 Å². The summed E-state index contributed by atoms with van der Waals surface area (Å²) in [6, 6.07) is 8.27. The van der Waals surface area contributed by atoms with E-state index in [9.17, 15) is 14.0 Å². The number of halogens is 1. The highest BCUT2D eigenvalue weighted by Gasteiger charge is 2.35. The molecule has 1 atom stereocenters. The molecule has 0 radical (unpaired) electrons. The number of benzene rings is 1. The number of cyclic esters (lactones) is 1. The number of pyridine rings is 1. The number of rotatable bonds is 5. The SMILES string of the molecule is COc1ccc2ncc(=O)n(C3CCN(C[C@@H]4CN(c5ccc(C)c(F)c5)C(=O)O4)CC3)c2n1. The van der Waals surface area contributed by atoms with Crippen LogP contribution in [0.3, 0.4) is 0 Å². The van der Waals surface area contributed by atoms with Gasteiger partial charge in [0.1, 0.15) is 17.4 Å². The monoisotopic (exact) mass is 467 g/mol. The topological polar surface area (TPSA) is 89.8 Å². The van der Waals surface area contributed by atoms with Crippen molar-refractivity contribution in [3.8, 4) is 5.88 Å². The number of piperidine rings is 1. The second kappa shape index (κ2) is 9.02. The second-order valence-electron chi connectivity index (χ2n) is 8.74. The molecule has 178 valence electrons. The van der Waals surface area contributed by atoms with Crippen molar-refractivity contribution in [2.75, 3.05) is 38.2 Å². The zero-order valence-corrected chi connectivity index (χ0v) is 19.1. The summed E-state index contributed by atoms with van der Waals surface area (Å²) in [4.78, 5) is 37.4. The molecule has 3 aromatic rings. The van der Waals surface area contributed by atoms with Gasteiger partial charge in [-0.15, -0.1) is 0 Å². The number of nitrogens with zero attached hydrogens (tertiary/aromatic N) is 5. The van der Waals surface area contributed by atoms with Gasteiger partial charge in [0.15, 0.2) is 5.65 Å². The molecule has 0 aliphatic carbocycles. The quantitative estimate of drug-likeness (QED) is 0.570. The molecule has 2 aliphatic heterocycles. The van der Waals surface area contributed by atoms with E-state index in [2.05, 4.69) is 14.9 Å². The molecule has 5 rings (SSSR count). The second-order valence-corrected chi connectivity index (χ2v) is 8.74. The van der Waals surface area contributed by atoms with Gasteiger partial charge in [-0.2, -0.15) is 4.98 Å². The van der Waals surface area contributed by atoms with E-state index < -0.39 is 6.09 Å². The Morgan fingerprint density at radius 1 is 1.18 bits per heavy atom. The van der Waals surface area contributed by atoms with Crippen molar-refractivity contribution in [2.45, 2.75) is 31.9 Å². The maximum absolute atomic E-state index is 13.9. The highest BCUT2D eigenvalue weighted by molar-refractivity contribution is 5.89. The molecule has 0 N–H and O–H groups in total. The maximum atomic E-state index is 13.9. The molecule has 4 heterocycles. The van der Waals surface area contributed by atoms with E-state index in [0.29, 0.717) is 41.4 Å². The Labute approximate surface area is 195 Å². The lowest BCUT2D eigenvalue weighted by Gasteiger charge is -2.33. The molecule has 2 aliphatic rings. The summed E-state index contributed by atoms with van der Waals surface area (Å²) in [6.07, 6.45) is 2.09. The number of amides is 1. The van der Waals surface area contributed by atoms with Gasteiger partial charge in [-0.25, -0.2) is 14.2 Å². The minimum Gasteiger partial charge on any atom is -0.481 e. The van der Waals surface area contributed by atoms with Gasteiger partial charge in [0.05, 0.1) is 25.5 Å². The zero-order chi connectivity index (χ0) is 23.8. The molecule has 2 saturated heterocycles. The standard InChI is InChI=1S/C24H26FN5O4/c1-15-3-4-17(11-19(15)25)29-14-18(34-24(29)32)13-28-9-7-16(8-10-28)30-22(31)12-26-20-5-6-21(33-2)27-23(20)30/h3-6,11-12,16,18H,7-10,13-14H2,1-2H3/t18-/m1/s1. The first-order chi connectivity index (χ1) is 16.4. The number of likely N-dealkylation sites (tertiary alicyclic amines) is 1. The van der Waals surface area contributed by atoms with Gasteiger partial charge in [-0.1, -0.05) is 6.07 Å². The van der Waals surface area contributed by atoms with Gasteiger partial charge < -0.3 is 9.47 Å². The molecule has 1 amide bonds. The lowest BCUT2D eigenvalue weighted by Crippen LogP contribution is -2.42. The van der Waals surface area contributed by atoms with Crippen LogP contribution < -0.4 is 15.2 Å². The highest BCUT2D eigenvalue weighted by atomic mass is 19.1. The number of methoxy groups -OCH3 is 1. The van der Waals surface area contributed by atoms with Crippen LogP contribution in [0.1, 0.15) is 24.4 Å². The summed E-state index contributed by atoms with van der Waals surface area (Å²) in [5.41, 5.74) is 2.02. The van der Waals surface area contributed by atoms with Crippen LogP contribution in [-0.4, -0.2) is 64.9 Å². The predicted molar refractivity (Wildman–Crippen MR) is 124 cm³/mol. The molecule has 0 saturated carbocycles. The average molecular weight is 468 g/mol. The largest absolute Gasteiger partial charge is 0.481 e. The molecule has 34 heavy (non-hydrogen) atoms. The van der Waals surface area contributed by atoms with Gasteiger partial charge in [0.25, 0.3) is 5.56 Å². The predicted octanol–water partition coefficient (Wildman–Crippen LogP) is 2.91. The molecule has 9 nitrogen and oxygen atoms in total. The summed E-state index contributed by atoms with van der Waals surface area (Å²) < 4.78 is 26.4. The van der Waals surface area contributed by atoms with Crippen molar-refractivity contribution in [1.29, 1.82) is 0 Å². The van der Waals surface area contributed by atoms with Crippen molar-refractivity contribution in [3.63, 3.8) is 0 Å². The summed E-state index contributed by atoms with van der Waals surface area (Å²) in [6.45, 7) is 4.14. The Balaban J connectivity index is 1.24. The minimum absolute atomic E-state index is 0.00739. The van der Waals surface area contributed by atoms with Crippen LogP contribution in [0.2, 0.25) is 0 Å². The Kier molecular flexibility index (Phi) is 5.91. The average Bonchev–Trinajstić information content (AvgIpc) is 3.21. The van der Waals surface area contributed by atoms with E-state index >= 15 is 0 Å². The zero-order valence-electron chi connectivity index (χ0n) is 19.1. The van der Waals surface area contributed by atoms with Crippen LogP contribution in [0.15, 0.2) is 41.3 Å². The molecule has 0 spiro atoms. The fourth-order valence-electron chi connectivity index (χ4n) is 4.68. The summed E-state index contributed by atoms with van der Waals surface area (Å²) in [5.74, 6) is 0.0916. The van der Waals surface area contributed by atoms with Crippen molar-refractivity contribution in [1.82, 2.24) is 19.4 Å². The first-order valence-electron chi connectivity index (χ1n) is 11.3. The molecule has 0 unspecified atom stereocenters. The van der Waals surface area contributed by atoms with Crippen molar-refractivity contribution < 1.29 is 18.7 Å². The lowest BCUT2D eigenvalue weighted by atomic mass is 10.0. The Morgan fingerprint density at radius 3 is 2.71 bits per heavy atom. The van der Waals surface area contributed by atoms with E-state index in [1.165, 1.54) is 24.3 Å². The molecule has 2 fully saturated rings. The van der Waals surface area contributed by atoms with Gasteiger partial charge in [-0.3, -0.25) is 19.2 Å².